The zero-order valence-corrected chi connectivity index (χ0v) is 20.1. The fourth-order valence-corrected chi connectivity index (χ4v) is 4.16. The highest BCUT2D eigenvalue weighted by Gasteiger charge is 2.38. The van der Waals surface area contributed by atoms with Crippen LogP contribution in [0.25, 0.3) is 0 Å². The number of rotatable bonds is 20. The maximum Gasteiger partial charge on any atom is 0.114 e. The van der Waals surface area contributed by atoms with E-state index in [1.54, 1.807) is 0 Å². The summed E-state index contributed by atoms with van der Waals surface area (Å²) in [4.78, 5) is 0. The molecule has 1 saturated heterocycles. The summed E-state index contributed by atoms with van der Waals surface area (Å²) in [6.07, 6.45) is 22.2. The number of aliphatic hydroxyl groups is 3. The lowest BCUT2D eigenvalue weighted by atomic mass is 10.0. The van der Waals surface area contributed by atoms with E-state index >= 15 is 0 Å². The molecule has 184 valence electrons. The summed E-state index contributed by atoms with van der Waals surface area (Å²) in [6.45, 7) is 2.60. The molecule has 3 N–H and O–H groups in total. The molecule has 0 aromatic carbocycles. The van der Waals surface area contributed by atoms with Gasteiger partial charge < -0.3 is 24.8 Å². The fraction of sp³-hybridized carbons (Fsp3) is 0.923. The topological polar surface area (TPSA) is 79.2 Å². The molecule has 0 unspecified atom stereocenters. The quantitative estimate of drug-likeness (QED) is 0.176. The van der Waals surface area contributed by atoms with Crippen LogP contribution in [0.3, 0.4) is 0 Å². The third-order valence-corrected chi connectivity index (χ3v) is 6.21. The van der Waals surface area contributed by atoms with Crippen molar-refractivity contribution in [2.75, 3.05) is 19.8 Å². The number of aliphatic hydroxyl groups excluding tert-OH is 3. The fourth-order valence-electron chi connectivity index (χ4n) is 4.16. The van der Waals surface area contributed by atoms with Crippen molar-refractivity contribution in [3.05, 3.63) is 12.2 Å². The van der Waals surface area contributed by atoms with Gasteiger partial charge in [0.1, 0.15) is 24.4 Å². The van der Waals surface area contributed by atoms with Gasteiger partial charge in [-0.1, -0.05) is 96.1 Å². The molecule has 5 heteroatoms. The van der Waals surface area contributed by atoms with Crippen molar-refractivity contribution in [3.8, 4) is 0 Å². The molecule has 1 fully saturated rings. The van der Waals surface area contributed by atoms with Gasteiger partial charge in [0.2, 0.25) is 0 Å². The molecule has 0 spiro atoms. The Morgan fingerprint density at radius 3 is 1.84 bits per heavy atom. The van der Waals surface area contributed by atoms with Gasteiger partial charge in [0.15, 0.2) is 0 Å². The molecule has 0 amide bonds. The average Bonchev–Trinajstić information content (AvgIpc) is 2.77. The zero-order valence-electron chi connectivity index (χ0n) is 20.1. The first-order valence-corrected chi connectivity index (χ1v) is 13.1. The highest BCUT2D eigenvalue weighted by atomic mass is 16.6. The first-order chi connectivity index (χ1) is 15.2. The van der Waals surface area contributed by atoms with E-state index in [2.05, 4.69) is 19.1 Å². The van der Waals surface area contributed by atoms with Crippen molar-refractivity contribution in [3.63, 3.8) is 0 Å². The summed E-state index contributed by atoms with van der Waals surface area (Å²) >= 11 is 0. The molecule has 1 aliphatic heterocycles. The van der Waals surface area contributed by atoms with E-state index in [-0.39, 0.29) is 13.2 Å². The van der Waals surface area contributed by atoms with Gasteiger partial charge in [-0.25, -0.2) is 0 Å². The van der Waals surface area contributed by atoms with Crippen molar-refractivity contribution in [2.24, 2.45) is 0 Å². The van der Waals surface area contributed by atoms with Gasteiger partial charge in [0.25, 0.3) is 0 Å². The summed E-state index contributed by atoms with van der Waals surface area (Å²) in [7, 11) is 0. The highest BCUT2D eigenvalue weighted by Crippen LogP contribution is 2.19. The smallest absolute Gasteiger partial charge is 0.114 e. The van der Waals surface area contributed by atoms with Crippen LogP contribution < -0.4 is 0 Å². The number of ether oxygens (including phenoxy) is 2. The Labute approximate surface area is 191 Å². The molecule has 1 heterocycles. The molecule has 0 aromatic heterocycles. The molecular formula is C26H50O5. The molecule has 31 heavy (non-hydrogen) atoms. The summed E-state index contributed by atoms with van der Waals surface area (Å²) in [5.74, 6) is 0. The summed E-state index contributed by atoms with van der Waals surface area (Å²) < 4.78 is 10.9. The predicted molar refractivity (Wildman–Crippen MR) is 127 cm³/mol. The Kier molecular flexibility index (Phi) is 18.6. The van der Waals surface area contributed by atoms with E-state index in [4.69, 9.17) is 9.47 Å². The van der Waals surface area contributed by atoms with Gasteiger partial charge in [-0.2, -0.15) is 0 Å². The van der Waals surface area contributed by atoms with Crippen molar-refractivity contribution < 1.29 is 24.8 Å². The van der Waals surface area contributed by atoms with E-state index in [0.717, 1.165) is 12.8 Å². The van der Waals surface area contributed by atoms with E-state index in [9.17, 15) is 15.3 Å². The predicted octanol–water partition coefficient (Wildman–Crippen LogP) is 5.30. The van der Waals surface area contributed by atoms with Gasteiger partial charge in [-0.05, 0) is 25.7 Å². The standard InChI is InChI=1S/C26H50O5/c1-2-3-4-5-6-7-8-9-10-11-12-13-14-15-16-17-18-19-20-30-26-23(28)22-31-24(21-27)25(26)29/h4-5,23-29H,2-3,6-22H2,1H3/b5-4+/t23-,24+,25+,26+/m1/s1. The molecule has 0 aliphatic carbocycles. The van der Waals surface area contributed by atoms with Crippen LogP contribution >= 0.6 is 0 Å². The maximum atomic E-state index is 10.1. The van der Waals surface area contributed by atoms with Crippen LogP contribution in [0.15, 0.2) is 12.2 Å². The van der Waals surface area contributed by atoms with Crippen LogP contribution in [0.2, 0.25) is 0 Å². The second-order valence-electron chi connectivity index (χ2n) is 9.09. The first kappa shape index (κ1) is 28.6. The van der Waals surface area contributed by atoms with Crippen LogP contribution in [0, 0.1) is 0 Å². The second-order valence-corrected chi connectivity index (χ2v) is 9.09. The summed E-state index contributed by atoms with van der Waals surface area (Å²) in [5, 5.41) is 29.2. The van der Waals surface area contributed by atoms with Gasteiger partial charge in [0, 0.05) is 6.61 Å². The molecular weight excluding hydrogens is 392 g/mol. The molecule has 4 atom stereocenters. The first-order valence-electron chi connectivity index (χ1n) is 13.1. The molecule has 0 saturated carbocycles. The van der Waals surface area contributed by atoms with Crippen LogP contribution in [0.5, 0.6) is 0 Å². The van der Waals surface area contributed by atoms with Crippen LogP contribution in [-0.4, -0.2) is 59.6 Å². The lowest BCUT2D eigenvalue weighted by molar-refractivity contribution is -0.210. The van der Waals surface area contributed by atoms with Crippen LogP contribution in [0.4, 0.5) is 0 Å². The highest BCUT2D eigenvalue weighted by molar-refractivity contribution is 4.87. The summed E-state index contributed by atoms with van der Waals surface area (Å²) in [6, 6.07) is 0. The number of allylic oxidation sites excluding steroid dienone is 2. The summed E-state index contributed by atoms with van der Waals surface area (Å²) in [5.41, 5.74) is 0. The lowest BCUT2D eigenvalue weighted by Crippen LogP contribution is -2.55. The van der Waals surface area contributed by atoms with Crippen molar-refractivity contribution >= 4 is 0 Å². The molecule has 5 nitrogen and oxygen atoms in total. The minimum Gasteiger partial charge on any atom is -0.394 e. The van der Waals surface area contributed by atoms with E-state index < -0.39 is 24.4 Å². The lowest BCUT2D eigenvalue weighted by Gasteiger charge is -2.37. The number of hydrogen-bond acceptors (Lipinski definition) is 5. The molecule has 1 rings (SSSR count). The molecule has 0 aromatic rings. The Hall–Kier alpha value is -0.460. The van der Waals surface area contributed by atoms with E-state index in [1.165, 1.54) is 89.9 Å². The monoisotopic (exact) mass is 442 g/mol. The van der Waals surface area contributed by atoms with Crippen molar-refractivity contribution in [1.29, 1.82) is 0 Å². The van der Waals surface area contributed by atoms with E-state index in [1.807, 2.05) is 0 Å². The molecule has 1 aliphatic rings. The Morgan fingerprint density at radius 1 is 0.774 bits per heavy atom. The zero-order chi connectivity index (χ0) is 22.6. The Bertz CT molecular complexity index is 415. The molecule has 0 radical (unpaired) electrons. The van der Waals surface area contributed by atoms with Gasteiger partial charge >= 0.3 is 0 Å². The van der Waals surface area contributed by atoms with E-state index in [0.29, 0.717) is 6.61 Å². The van der Waals surface area contributed by atoms with Crippen molar-refractivity contribution in [1.82, 2.24) is 0 Å². The Morgan fingerprint density at radius 2 is 1.29 bits per heavy atom. The largest absolute Gasteiger partial charge is 0.394 e. The third kappa shape index (κ3) is 14.3. The number of hydrogen-bond donors (Lipinski definition) is 3. The molecule has 0 bridgehead atoms. The second kappa shape index (κ2) is 20.2. The minimum absolute atomic E-state index is 0.101. The third-order valence-electron chi connectivity index (χ3n) is 6.21. The van der Waals surface area contributed by atoms with Gasteiger partial charge in [0.05, 0.1) is 13.2 Å². The normalized spacial score (nSPS) is 24.3. The van der Waals surface area contributed by atoms with Gasteiger partial charge in [-0.15, -0.1) is 0 Å². The van der Waals surface area contributed by atoms with Crippen LogP contribution in [-0.2, 0) is 9.47 Å². The van der Waals surface area contributed by atoms with Gasteiger partial charge in [-0.3, -0.25) is 0 Å². The SMILES string of the molecule is CCC/C=C/CCCCCCCCCCCCCCCO[C@@H]1[C@@H](O)[C@H](CO)OC[C@H]1O. The average molecular weight is 443 g/mol. The Balaban J connectivity index is 1.81. The van der Waals surface area contributed by atoms with Crippen LogP contribution in [0.1, 0.15) is 110 Å². The number of unbranched alkanes of at least 4 members (excludes halogenated alkanes) is 14. The maximum absolute atomic E-state index is 10.1. The minimum atomic E-state index is -0.971. The van der Waals surface area contributed by atoms with Crippen molar-refractivity contribution in [2.45, 2.75) is 134 Å².